The summed E-state index contributed by atoms with van der Waals surface area (Å²) >= 11 is 0. The fourth-order valence-corrected chi connectivity index (χ4v) is 1.51. The van der Waals surface area contributed by atoms with E-state index in [4.69, 9.17) is 10.00 Å². The first-order chi connectivity index (χ1) is 8.26. The second-order valence-electron chi connectivity index (χ2n) is 3.34. The lowest BCUT2D eigenvalue weighted by molar-refractivity contribution is 0.0555. The van der Waals surface area contributed by atoms with E-state index in [0.717, 1.165) is 5.52 Å². The van der Waals surface area contributed by atoms with E-state index < -0.39 is 5.97 Å². The van der Waals surface area contributed by atoms with Crippen LogP contribution in [-0.2, 0) is 11.3 Å². The smallest absolute Gasteiger partial charge is 0.339 e. The molecule has 0 aliphatic carbocycles. The minimum Gasteiger partial charge on any atom is -0.447 e. The van der Waals surface area contributed by atoms with Gasteiger partial charge in [0.1, 0.15) is 11.6 Å². The zero-order chi connectivity index (χ0) is 12.3. The average Bonchev–Trinajstić information content (AvgIpc) is 2.77. The van der Waals surface area contributed by atoms with Crippen molar-refractivity contribution >= 4 is 17.0 Å². The van der Waals surface area contributed by atoms with Crippen molar-refractivity contribution < 1.29 is 9.53 Å². The van der Waals surface area contributed by atoms with Crippen molar-refractivity contribution in [3.63, 3.8) is 0 Å². The lowest BCUT2D eigenvalue weighted by atomic mass is 10.2. The number of fused-ring (bicyclic) bond motifs is 1. The highest BCUT2D eigenvalue weighted by atomic mass is 16.5. The van der Waals surface area contributed by atoms with Gasteiger partial charge >= 0.3 is 5.97 Å². The summed E-state index contributed by atoms with van der Waals surface area (Å²) in [5, 5.41) is 16.2. The molecule has 86 valence electrons. The fraction of sp³-hybridized carbons (Fsp3) is 0.273. The quantitative estimate of drug-likeness (QED) is 0.738. The van der Waals surface area contributed by atoms with E-state index in [1.807, 2.05) is 6.92 Å². The molecule has 0 bridgehead atoms. The maximum absolute atomic E-state index is 11.5. The van der Waals surface area contributed by atoms with Crippen molar-refractivity contribution in [2.45, 2.75) is 13.5 Å². The molecule has 0 N–H and O–H groups in total. The number of aryl methyl sites for hydroxylation is 1. The molecule has 0 aliphatic heterocycles. The van der Waals surface area contributed by atoms with Gasteiger partial charge in [-0.2, -0.15) is 5.26 Å². The molecule has 6 heteroatoms. The van der Waals surface area contributed by atoms with Gasteiger partial charge in [0, 0.05) is 6.54 Å². The summed E-state index contributed by atoms with van der Waals surface area (Å²) in [7, 11) is 0. The highest BCUT2D eigenvalue weighted by Crippen LogP contribution is 2.14. The predicted molar refractivity (Wildman–Crippen MR) is 59.1 cm³/mol. The first kappa shape index (κ1) is 11.1. The number of carbonyl (C=O) groups is 1. The third kappa shape index (κ3) is 2.08. The van der Waals surface area contributed by atoms with Crippen molar-refractivity contribution in [3.8, 4) is 6.07 Å². The molecule has 1 heterocycles. The van der Waals surface area contributed by atoms with Crippen LogP contribution in [0.15, 0.2) is 18.2 Å². The van der Waals surface area contributed by atoms with E-state index in [9.17, 15) is 4.79 Å². The van der Waals surface area contributed by atoms with Gasteiger partial charge in [-0.3, -0.25) is 0 Å². The molecule has 0 unspecified atom stereocenters. The molecule has 0 atom stereocenters. The highest BCUT2D eigenvalue weighted by molar-refractivity contribution is 5.93. The van der Waals surface area contributed by atoms with Gasteiger partial charge in [0.05, 0.1) is 11.1 Å². The molecule has 0 saturated carbocycles. The normalized spacial score (nSPS) is 10.1. The third-order valence-electron chi connectivity index (χ3n) is 2.32. The van der Waals surface area contributed by atoms with Gasteiger partial charge < -0.3 is 4.74 Å². The van der Waals surface area contributed by atoms with Crippen molar-refractivity contribution in [2.24, 2.45) is 0 Å². The lowest BCUT2D eigenvalue weighted by Crippen LogP contribution is -2.05. The largest absolute Gasteiger partial charge is 0.447 e. The zero-order valence-corrected chi connectivity index (χ0v) is 9.25. The Hall–Kier alpha value is -2.42. The fourth-order valence-electron chi connectivity index (χ4n) is 1.51. The van der Waals surface area contributed by atoms with Crippen molar-refractivity contribution in [1.82, 2.24) is 15.0 Å². The molecule has 0 fully saturated rings. The van der Waals surface area contributed by atoms with Gasteiger partial charge in [0.25, 0.3) is 0 Å². The van der Waals surface area contributed by atoms with Gasteiger partial charge in [-0.15, -0.1) is 5.10 Å². The first-order valence-electron chi connectivity index (χ1n) is 5.13. The number of aromatic nitrogens is 3. The molecule has 0 aliphatic rings. The van der Waals surface area contributed by atoms with Crippen LogP contribution in [0.3, 0.4) is 0 Å². The van der Waals surface area contributed by atoms with Gasteiger partial charge in [0.15, 0.2) is 6.61 Å². The standard InChI is InChI=1S/C11H10N4O2/c1-2-15-10-4-3-8(7-9(10)13-14-15)11(16)17-6-5-12/h3-4,7H,2,6H2,1H3. The summed E-state index contributed by atoms with van der Waals surface area (Å²) in [5.41, 5.74) is 1.87. The number of nitrogens with zero attached hydrogens (tertiary/aromatic N) is 4. The van der Waals surface area contributed by atoms with Crippen molar-refractivity contribution in [1.29, 1.82) is 5.26 Å². The Labute approximate surface area is 97.4 Å². The van der Waals surface area contributed by atoms with Gasteiger partial charge in [-0.05, 0) is 25.1 Å². The molecule has 0 saturated heterocycles. The number of rotatable bonds is 3. The molecular formula is C11H10N4O2. The van der Waals surface area contributed by atoms with Crippen LogP contribution in [0.5, 0.6) is 0 Å². The van der Waals surface area contributed by atoms with Crippen LogP contribution in [-0.4, -0.2) is 27.6 Å². The summed E-state index contributed by atoms with van der Waals surface area (Å²) < 4.78 is 6.44. The minimum absolute atomic E-state index is 0.251. The zero-order valence-electron chi connectivity index (χ0n) is 9.25. The summed E-state index contributed by atoms with van der Waals surface area (Å²) in [4.78, 5) is 11.5. The molecule has 0 radical (unpaired) electrons. The molecule has 1 aromatic carbocycles. The Balaban J connectivity index is 2.32. The van der Waals surface area contributed by atoms with E-state index in [2.05, 4.69) is 10.3 Å². The van der Waals surface area contributed by atoms with E-state index in [1.54, 1.807) is 29.0 Å². The number of carbonyl (C=O) groups excluding carboxylic acids is 1. The Bertz CT molecular complexity index is 597. The first-order valence-corrected chi connectivity index (χ1v) is 5.13. The topological polar surface area (TPSA) is 80.8 Å². The van der Waals surface area contributed by atoms with Crippen molar-refractivity contribution in [3.05, 3.63) is 23.8 Å². The average molecular weight is 230 g/mol. The molecule has 0 amide bonds. The maximum Gasteiger partial charge on any atom is 0.339 e. The van der Waals surface area contributed by atoms with E-state index in [-0.39, 0.29) is 6.61 Å². The number of hydrogen-bond acceptors (Lipinski definition) is 5. The van der Waals surface area contributed by atoms with E-state index in [0.29, 0.717) is 17.6 Å². The third-order valence-corrected chi connectivity index (χ3v) is 2.32. The second kappa shape index (κ2) is 4.61. The van der Waals surface area contributed by atoms with Crippen LogP contribution in [0.1, 0.15) is 17.3 Å². The highest BCUT2D eigenvalue weighted by Gasteiger charge is 2.10. The SMILES string of the molecule is CCn1nnc2cc(C(=O)OCC#N)ccc21. The Kier molecular flexibility index (Phi) is 3.01. The van der Waals surface area contributed by atoms with Gasteiger partial charge in [-0.25, -0.2) is 9.48 Å². The predicted octanol–water partition coefficient (Wildman–Crippen LogP) is 1.13. The second-order valence-corrected chi connectivity index (χ2v) is 3.34. The molecule has 2 aromatic rings. The number of nitriles is 1. The Morgan fingerprint density at radius 3 is 3.12 bits per heavy atom. The van der Waals surface area contributed by atoms with Gasteiger partial charge in [0.2, 0.25) is 0 Å². The van der Waals surface area contributed by atoms with Crippen molar-refractivity contribution in [2.75, 3.05) is 6.61 Å². The number of benzene rings is 1. The molecular weight excluding hydrogens is 220 g/mol. The number of hydrogen-bond donors (Lipinski definition) is 0. The Morgan fingerprint density at radius 2 is 2.41 bits per heavy atom. The number of ether oxygens (including phenoxy) is 1. The molecule has 0 spiro atoms. The summed E-state index contributed by atoms with van der Waals surface area (Å²) in [6.45, 7) is 2.43. The minimum atomic E-state index is -0.528. The van der Waals surface area contributed by atoms with E-state index in [1.165, 1.54) is 0 Å². The van der Waals surface area contributed by atoms with Crippen LogP contribution in [0.2, 0.25) is 0 Å². The lowest BCUT2D eigenvalue weighted by Gasteiger charge is -2.00. The van der Waals surface area contributed by atoms with Crippen LogP contribution in [0, 0.1) is 11.3 Å². The molecule has 2 rings (SSSR count). The maximum atomic E-state index is 11.5. The molecule has 1 aromatic heterocycles. The molecule has 6 nitrogen and oxygen atoms in total. The monoisotopic (exact) mass is 230 g/mol. The van der Waals surface area contributed by atoms with Gasteiger partial charge in [-0.1, -0.05) is 5.21 Å². The van der Waals surface area contributed by atoms with Crippen LogP contribution in [0.4, 0.5) is 0 Å². The Morgan fingerprint density at radius 1 is 1.59 bits per heavy atom. The van der Waals surface area contributed by atoms with Crippen LogP contribution in [0.25, 0.3) is 11.0 Å². The van der Waals surface area contributed by atoms with E-state index >= 15 is 0 Å². The summed E-state index contributed by atoms with van der Waals surface area (Å²) in [6.07, 6.45) is 0. The summed E-state index contributed by atoms with van der Waals surface area (Å²) in [6, 6.07) is 6.75. The number of esters is 1. The summed E-state index contributed by atoms with van der Waals surface area (Å²) in [5.74, 6) is -0.528. The van der Waals surface area contributed by atoms with Crippen LogP contribution < -0.4 is 0 Å². The molecule has 17 heavy (non-hydrogen) atoms. The van der Waals surface area contributed by atoms with Crippen LogP contribution >= 0.6 is 0 Å².